The Morgan fingerprint density at radius 1 is 1.29 bits per heavy atom. The van der Waals surface area contributed by atoms with Gasteiger partial charge in [-0.3, -0.25) is 14.4 Å². The van der Waals surface area contributed by atoms with Gasteiger partial charge in [0.1, 0.15) is 0 Å². The first kappa shape index (κ1) is 16.7. The first-order valence-corrected chi connectivity index (χ1v) is 8.62. The van der Waals surface area contributed by atoms with Gasteiger partial charge >= 0.3 is 0 Å². The van der Waals surface area contributed by atoms with Gasteiger partial charge < -0.3 is 5.32 Å². The molecule has 0 aliphatic carbocycles. The standard InChI is InChI=1S/C19H26N4O/c1-4-23-11-16(9-20-23)10-22-12-18(19(13-22)21-15(3)24)17-7-5-14(2)6-8-17/h5-9,11,18-19H,4,10,12-13H2,1-3H3,(H,21,24)/t18-,19+/m1/s1. The molecule has 1 aliphatic heterocycles. The molecule has 0 bridgehead atoms. The van der Waals surface area contributed by atoms with Crippen molar-refractivity contribution in [1.29, 1.82) is 0 Å². The second-order valence-corrected chi connectivity index (χ2v) is 6.72. The van der Waals surface area contributed by atoms with Gasteiger partial charge in [-0.1, -0.05) is 29.8 Å². The van der Waals surface area contributed by atoms with Crippen molar-refractivity contribution in [3.63, 3.8) is 0 Å². The molecule has 2 aromatic rings. The van der Waals surface area contributed by atoms with Crippen molar-refractivity contribution in [2.45, 2.75) is 45.8 Å². The van der Waals surface area contributed by atoms with E-state index in [1.807, 2.05) is 10.9 Å². The number of hydrogen-bond donors (Lipinski definition) is 1. The highest BCUT2D eigenvalue weighted by atomic mass is 16.1. The molecule has 1 aromatic heterocycles. The maximum Gasteiger partial charge on any atom is 0.217 e. The molecule has 128 valence electrons. The molecular formula is C19H26N4O. The van der Waals surface area contributed by atoms with Gasteiger partial charge in [0.15, 0.2) is 0 Å². The number of aromatic nitrogens is 2. The van der Waals surface area contributed by atoms with E-state index in [0.29, 0.717) is 5.92 Å². The van der Waals surface area contributed by atoms with Gasteiger partial charge in [-0.25, -0.2) is 0 Å². The third kappa shape index (κ3) is 3.85. The third-order valence-electron chi connectivity index (χ3n) is 4.71. The Labute approximate surface area is 143 Å². The maximum atomic E-state index is 11.6. The van der Waals surface area contributed by atoms with E-state index in [-0.39, 0.29) is 11.9 Å². The zero-order valence-corrected chi connectivity index (χ0v) is 14.7. The van der Waals surface area contributed by atoms with Crippen LogP contribution in [-0.2, 0) is 17.9 Å². The zero-order valence-electron chi connectivity index (χ0n) is 14.7. The number of likely N-dealkylation sites (tertiary alicyclic amines) is 1. The Kier molecular flexibility index (Phi) is 5.00. The van der Waals surface area contributed by atoms with E-state index in [4.69, 9.17) is 0 Å². The number of benzene rings is 1. The smallest absolute Gasteiger partial charge is 0.217 e. The minimum absolute atomic E-state index is 0.0396. The summed E-state index contributed by atoms with van der Waals surface area (Å²) in [5.74, 6) is 0.369. The van der Waals surface area contributed by atoms with Gasteiger partial charge in [0, 0.05) is 56.8 Å². The Hall–Kier alpha value is -2.14. The molecule has 1 amide bonds. The predicted molar refractivity (Wildman–Crippen MR) is 94.7 cm³/mol. The van der Waals surface area contributed by atoms with Crippen molar-refractivity contribution in [3.8, 4) is 0 Å². The molecule has 2 atom stereocenters. The Bertz CT molecular complexity index is 692. The number of nitrogens with one attached hydrogen (secondary N) is 1. The Morgan fingerprint density at radius 3 is 2.67 bits per heavy atom. The van der Waals surface area contributed by atoms with E-state index in [0.717, 1.165) is 26.2 Å². The van der Waals surface area contributed by atoms with E-state index in [1.54, 1.807) is 6.92 Å². The average Bonchev–Trinajstić information content (AvgIpc) is 3.15. The van der Waals surface area contributed by atoms with Crippen LogP contribution in [0, 0.1) is 6.92 Å². The lowest BCUT2D eigenvalue weighted by atomic mass is 9.93. The van der Waals surface area contributed by atoms with Crippen molar-refractivity contribution >= 4 is 5.91 Å². The number of nitrogens with zero attached hydrogens (tertiary/aromatic N) is 3. The molecule has 1 aromatic carbocycles. The molecule has 1 N–H and O–H groups in total. The van der Waals surface area contributed by atoms with E-state index in [2.05, 4.69) is 59.6 Å². The summed E-state index contributed by atoms with van der Waals surface area (Å²) >= 11 is 0. The number of carbonyl (C=O) groups excluding carboxylic acids is 1. The van der Waals surface area contributed by atoms with Crippen LogP contribution in [0.2, 0.25) is 0 Å². The summed E-state index contributed by atoms with van der Waals surface area (Å²) in [4.78, 5) is 14.0. The SMILES string of the molecule is CCn1cc(CN2C[C@H](NC(C)=O)[C@@H](c3ccc(C)cc3)C2)cn1. The van der Waals surface area contributed by atoms with E-state index >= 15 is 0 Å². The molecule has 3 rings (SSSR count). The summed E-state index contributed by atoms with van der Waals surface area (Å²) in [6.07, 6.45) is 4.04. The fourth-order valence-electron chi connectivity index (χ4n) is 3.49. The third-order valence-corrected chi connectivity index (χ3v) is 4.71. The van der Waals surface area contributed by atoms with Crippen LogP contribution in [0.3, 0.4) is 0 Å². The molecule has 1 fully saturated rings. The minimum atomic E-state index is 0.0396. The molecule has 0 radical (unpaired) electrons. The summed E-state index contributed by atoms with van der Waals surface area (Å²) < 4.78 is 1.95. The molecule has 5 heteroatoms. The summed E-state index contributed by atoms with van der Waals surface area (Å²) in [5, 5.41) is 7.49. The van der Waals surface area contributed by atoms with E-state index in [9.17, 15) is 4.79 Å². The van der Waals surface area contributed by atoms with Crippen LogP contribution in [0.15, 0.2) is 36.7 Å². The van der Waals surface area contributed by atoms with Crippen LogP contribution in [0.25, 0.3) is 0 Å². The zero-order chi connectivity index (χ0) is 17.1. The first-order chi connectivity index (χ1) is 11.5. The fourth-order valence-corrected chi connectivity index (χ4v) is 3.49. The second kappa shape index (κ2) is 7.18. The molecule has 2 heterocycles. The normalized spacial score (nSPS) is 21.1. The predicted octanol–water partition coefficient (Wildman–Crippen LogP) is 2.32. The van der Waals surface area contributed by atoms with Gasteiger partial charge in [-0.2, -0.15) is 5.10 Å². The van der Waals surface area contributed by atoms with E-state index < -0.39 is 0 Å². The lowest BCUT2D eigenvalue weighted by molar-refractivity contribution is -0.119. The van der Waals surface area contributed by atoms with Crippen LogP contribution in [0.1, 0.15) is 36.5 Å². The number of hydrogen-bond acceptors (Lipinski definition) is 3. The molecule has 5 nitrogen and oxygen atoms in total. The Morgan fingerprint density at radius 2 is 2.04 bits per heavy atom. The van der Waals surface area contributed by atoms with Gasteiger partial charge in [-0.15, -0.1) is 0 Å². The Balaban J connectivity index is 1.74. The lowest BCUT2D eigenvalue weighted by Crippen LogP contribution is -2.38. The van der Waals surface area contributed by atoms with Crippen molar-refractivity contribution in [2.24, 2.45) is 0 Å². The van der Waals surface area contributed by atoms with Gasteiger partial charge in [-0.05, 0) is 19.4 Å². The van der Waals surface area contributed by atoms with Gasteiger partial charge in [0.05, 0.1) is 6.20 Å². The maximum absolute atomic E-state index is 11.6. The van der Waals surface area contributed by atoms with Gasteiger partial charge in [0.2, 0.25) is 5.91 Å². The monoisotopic (exact) mass is 326 g/mol. The summed E-state index contributed by atoms with van der Waals surface area (Å²) in [5.41, 5.74) is 3.78. The molecule has 0 saturated carbocycles. The van der Waals surface area contributed by atoms with Crippen molar-refractivity contribution in [2.75, 3.05) is 13.1 Å². The number of rotatable bonds is 5. The van der Waals surface area contributed by atoms with Gasteiger partial charge in [0.25, 0.3) is 0 Å². The molecule has 0 spiro atoms. The number of aryl methyl sites for hydroxylation is 2. The summed E-state index contributed by atoms with van der Waals surface area (Å²) in [6, 6.07) is 8.83. The summed E-state index contributed by atoms with van der Waals surface area (Å²) in [7, 11) is 0. The highest BCUT2D eigenvalue weighted by Gasteiger charge is 2.34. The summed E-state index contributed by atoms with van der Waals surface area (Å²) in [6.45, 7) is 9.37. The van der Waals surface area contributed by atoms with Crippen LogP contribution in [-0.4, -0.2) is 39.7 Å². The quantitative estimate of drug-likeness (QED) is 0.917. The number of amides is 1. The topological polar surface area (TPSA) is 50.2 Å². The lowest BCUT2D eigenvalue weighted by Gasteiger charge is -2.19. The molecule has 0 unspecified atom stereocenters. The first-order valence-electron chi connectivity index (χ1n) is 8.62. The molecule has 24 heavy (non-hydrogen) atoms. The van der Waals surface area contributed by atoms with Crippen LogP contribution < -0.4 is 5.32 Å². The van der Waals surface area contributed by atoms with Crippen molar-refractivity contribution in [3.05, 3.63) is 53.3 Å². The number of carbonyl (C=O) groups is 1. The van der Waals surface area contributed by atoms with Crippen LogP contribution in [0.4, 0.5) is 0 Å². The minimum Gasteiger partial charge on any atom is -0.352 e. The average molecular weight is 326 g/mol. The van der Waals surface area contributed by atoms with Crippen LogP contribution in [0.5, 0.6) is 0 Å². The highest BCUT2D eigenvalue weighted by Crippen LogP contribution is 2.29. The van der Waals surface area contributed by atoms with E-state index in [1.165, 1.54) is 16.7 Å². The largest absolute Gasteiger partial charge is 0.352 e. The van der Waals surface area contributed by atoms with Crippen molar-refractivity contribution < 1.29 is 4.79 Å². The fraction of sp³-hybridized carbons (Fsp3) is 0.474. The molecule has 1 aliphatic rings. The highest BCUT2D eigenvalue weighted by molar-refractivity contribution is 5.73. The molecular weight excluding hydrogens is 300 g/mol. The van der Waals surface area contributed by atoms with Crippen molar-refractivity contribution in [1.82, 2.24) is 20.0 Å². The second-order valence-electron chi connectivity index (χ2n) is 6.72. The molecule has 1 saturated heterocycles. The van der Waals surface area contributed by atoms with Crippen LogP contribution >= 0.6 is 0 Å².